The molecule has 0 saturated heterocycles. The van der Waals surface area contributed by atoms with Crippen LogP contribution in [0.4, 0.5) is 4.39 Å². The fourth-order valence-corrected chi connectivity index (χ4v) is 1.52. The molecule has 0 aliphatic rings. The number of hydrogen-bond donors (Lipinski definition) is 1. The Hall–Kier alpha value is -0.890. The van der Waals surface area contributed by atoms with Gasteiger partial charge in [-0.2, -0.15) is 0 Å². The number of alkyl halides is 1. The molecular formula is C12H18FN. The summed E-state index contributed by atoms with van der Waals surface area (Å²) >= 11 is 0. The second kappa shape index (κ2) is 4.09. The molecule has 0 radical (unpaired) electrons. The third-order valence-electron chi connectivity index (χ3n) is 2.74. The second-order valence-electron chi connectivity index (χ2n) is 4.09. The summed E-state index contributed by atoms with van der Waals surface area (Å²) in [5, 5.41) is 0. The van der Waals surface area contributed by atoms with E-state index in [0.29, 0.717) is 5.56 Å². The van der Waals surface area contributed by atoms with Crippen molar-refractivity contribution < 1.29 is 4.39 Å². The zero-order valence-corrected chi connectivity index (χ0v) is 9.05. The van der Waals surface area contributed by atoms with Gasteiger partial charge < -0.3 is 5.73 Å². The van der Waals surface area contributed by atoms with Crippen LogP contribution in [0.5, 0.6) is 0 Å². The smallest absolute Gasteiger partial charge is 0.150 e. The summed E-state index contributed by atoms with van der Waals surface area (Å²) < 4.78 is 14.4. The molecule has 1 aromatic rings. The average molecular weight is 195 g/mol. The minimum Gasteiger partial charge on any atom is -0.327 e. The first kappa shape index (κ1) is 11.2. The molecular weight excluding hydrogens is 177 g/mol. The molecule has 0 aliphatic carbocycles. The minimum atomic E-state index is -1.40. The van der Waals surface area contributed by atoms with Crippen molar-refractivity contribution in [3.63, 3.8) is 0 Å². The van der Waals surface area contributed by atoms with Gasteiger partial charge in [0.1, 0.15) is 5.67 Å². The Morgan fingerprint density at radius 3 is 2.14 bits per heavy atom. The molecule has 0 aliphatic heterocycles. The van der Waals surface area contributed by atoms with Crippen LogP contribution in [0.25, 0.3) is 0 Å². The summed E-state index contributed by atoms with van der Waals surface area (Å²) in [6, 6.07) is 7.48. The van der Waals surface area contributed by atoms with Crippen LogP contribution in [-0.4, -0.2) is 6.54 Å². The highest BCUT2D eigenvalue weighted by molar-refractivity contribution is 5.27. The van der Waals surface area contributed by atoms with Crippen molar-refractivity contribution in [2.45, 2.75) is 26.4 Å². The first-order valence-corrected chi connectivity index (χ1v) is 4.97. The Kier molecular flexibility index (Phi) is 3.27. The van der Waals surface area contributed by atoms with Gasteiger partial charge in [-0.1, -0.05) is 43.7 Å². The van der Waals surface area contributed by atoms with Gasteiger partial charge >= 0.3 is 0 Å². The molecule has 0 heterocycles. The van der Waals surface area contributed by atoms with Gasteiger partial charge in [0, 0.05) is 6.54 Å². The molecule has 0 saturated carbocycles. The Balaban J connectivity index is 3.06. The third kappa shape index (κ3) is 1.95. The highest BCUT2D eigenvalue weighted by atomic mass is 19.1. The van der Waals surface area contributed by atoms with E-state index in [1.165, 1.54) is 0 Å². The first-order chi connectivity index (χ1) is 6.50. The third-order valence-corrected chi connectivity index (χ3v) is 2.74. The van der Waals surface area contributed by atoms with Crippen LogP contribution in [0.15, 0.2) is 24.3 Å². The van der Waals surface area contributed by atoms with E-state index in [9.17, 15) is 4.39 Å². The van der Waals surface area contributed by atoms with Crippen LogP contribution in [0.1, 0.15) is 25.0 Å². The zero-order valence-electron chi connectivity index (χ0n) is 9.05. The van der Waals surface area contributed by atoms with Gasteiger partial charge in [0.25, 0.3) is 0 Å². The van der Waals surface area contributed by atoms with E-state index in [1.807, 2.05) is 45.0 Å². The molecule has 0 bridgehead atoms. The molecule has 1 unspecified atom stereocenters. The number of nitrogens with two attached hydrogens (primary N) is 1. The van der Waals surface area contributed by atoms with Gasteiger partial charge in [0.2, 0.25) is 0 Å². The monoisotopic (exact) mass is 195 g/mol. The number of hydrogen-bond acceptors (Lipinski definition) is 1. The minimum absolute atomic E-state index is 0.0354. The summed E-state index contributed by atoms with van der Waals surface area (Å²) in [6.45, 7) is 5.73. The molecule has 2 N–H and O–H groups in total. The lowest BCUT2D eigenvalue weighted by molar-refractivity contribution is 0.109. The summed E-state index contributed by atoms with van der Waals surface area (Å²) in [4.78, 5) is 0. The molecule has 0 spiro atoms. The van der Waals surface area contributed by atoms with E-state index in [2.05, 4.69) is 0 Å². The van der Waals surface area contributed by atoms with Gasteiger partial charge in [0.05, 0.1) is 0 Å². The van der Waals surface area contributed by atoms with Gasteiger partial charge in [0.15, 0.2) is 0 Å². The summed E-state index contributed by atoms with van der Waals surface area (Å²) in [6.07, 6.45) is 0. The van der Waals surface area contributed by atoms with Crippen LogP contribution in [0.2, 0.25) is 0 Å². The topological polar surface area (TPSA) is 26.0 Å². The highest BCUT2D eigenvalue weighted by Gasteiger charge is 2.33. The van der Waals surface area contributed by atoms with E-state index < -0.39 is 5.67 Å². The molecule has 14 heavy (non-hydrogen) atoms. The van der Waals surface area contributed by atoms with Crippen molar-refractivity contribution in [1.82, 2.24) is 0 Å². The maximum atomic E-state index is 14.4. The molecule has 0 aromatic heterocycles. The molecule has 0 amide bonds. The number of aryl methyl sites for hydroxylation is 1. The molecule has 2 heteroatoms. The fraction of sp³-hybridized carbons (Fsp3) is 0.500. The van der Waals surface area contributed by atoms with E-state index in [-0.39, 0.29) is 12.5 Å². The summed E-state index contributed by atoms with van der Waals surface area (Å²) in [7, 11) is 0. The van der Waals surface area contributed by atoms with Crippen LogP contribution >= 0.6 is 0 Å². The lowest BCUT2D eigenvalue weighted by Crippen LogP contribution is -2.35. The summed E-state index contributed by atoms with van der Waals surface area (Å²) in [5.41, 5.74) is 5.93. The van der Waals surface area contributed by atoms with Crippen molar-refractivity contribution >= 4 is 0 Å². The van der Waals surface area contributed by atoms with E-state index in [1.54, 1.807) is 0 Å². The molecule has 1 atom stereocenters. The van der Waals surface area contributed by atoms with Gasteiger partial charge in [-0.05, 0) is 18.4 Å². The Morgan fingerprint density at radius 2 is 1.79 bits per heavy atom. The Morgan fingerprint density at radius 1 is 1.29 bits per heavy atom. The molecule has 0 fully saturated rings. The predicted molar refractivity (Wildman–Crippen MR) is 57.9 cm³/mol. The van der Waals surface area contributed by atoms with Crippen molar-refractivity contribution in [1.29, 1.82) is 0 Å². The van der Waals surface area contributed by atoms with E-state index in [4.69, 9.17) is 5.73 Å². The largest absolute Gasteiger partial charge is 0.327 e. The van der Waals surface area contributed by atoms with Crippen molar-refractivity contribution in [2.75, 3.05) is 6.54 Å². The number of halogens is 1. The van der Waals surface area contributed by atoms with E-state index in [0.717, 1.165) is 5.56 Å². The Labute approximate surface area is 85.1 Å². The maximum Gasteiger partial charge on any atom is 0.150 e. The van der Waals surface area contributed by atoms with Crippen LogP contribution in [-0.2, 0) is 5.67 Å². The van der Waals surface area contributed by atoms with Gasteiger partial charge in [-0.15, -0.1) is 0 Å². The number of benzene rings is 1. The van der Waals surface area contributed by atoms with E-state index >= 15 is 0 Å². The molecule has 1 rings (SSSR count). The van der Waals surface area contributed by atoms with Crippen molar-refractivity contribution in [2.24, 2.45) is 11.7 Å². The highest BCUT2D eigenvalue weighted by Crippen LogP contribution is 2.32. The SMILES string of the molecule is Cc1ccc(C(F)(CN)C(C)C)cc1. The van der Waals surface area contributed by atoms with Crippen molar-refractivity contribution in [3.8, 4) is 0 Å². The molecule has 78 valence electrons. The average Bonchev–Trinajstić information content (AvgIpc) is 2.17. The van der Waals surface area contributed by atoms with Crippen LogP contribution in [0.3, 0.4) is 0 Å². The second-order valence-corrected chi connectivity index (χ2v) is 4.09. The predicted octanol–water partition coefficient (Wildman–Crippen LogP) is 2.77. The van der Waals surface area contributed by atoms with Crippen molar-refractivity contribution in [3.05, 3.63) is 35.4 Å². The quantitative estimate of drug-likeness (QED) is 0.788. The van der Waals surface area contributed by atoms with Crippen LogP contribution < -0.4 is 5.73 Å². The van der Waals surface area contributed by atoms with Gasteiger partial charge in [-0.25, -0.2) is 4.39 Å². The fourth-order valence-electron chi connectivity index (χ4n) is 1.52. The summed E-state index contributed by atoms with van der Waals surface area (Å²) in [5.74, 6) is -0.102. The van der Waals surface area contributed by atoms with Crippen LogP contribution in [0, 0.1) is 12.8 Å². The lowest BCUT2D eigenvalue weighted by atomic mass is 9.85. The maximum absolute atomic E-state index is 14.4. The zero-order chi connectivity index (χ0) is 10.8. The number of rotatable bonds is 3. The first-order valence-electron chi connectivity index (χ1n) is 4.97. The Bertz CT molecular complexity index is 292. The molecule has 1 aromatic carbocycles. The van der Waals surface area contributed by atoms with Gasteiger partial charge in [-0.3, -0.25) is 0 Å². The lowest BCUT2D eigenvalue weighted by Gasteiger charge is -2.28. The normalized spacial score (nSPS) is 15.6. The standard InChI is InChI=1S/C12H18FN/c1-9(2)12(13,8-14)11-6-4-10(3)5-7-11/h4-7,9H,8,14H2,1-3H3. The molecule has 1 nitrogen and oxygen atoms in total.